The molecule has 1 rings (SSSR count). The smallest absolute Gasteiger partial charge is 0.250 e. The molecule has 0 unspecified atom stereocenters. The zero-order valence-corrected chi connectivity index (χ0v) is 7.69. The maximum Gasteiger partial charge on any atom is 0.250 e. The molecule has 3 nitrogen and oxygen atoms in total. The van der Waals surface area contributed by atoms with Crippen LogP contribution in [0, 0.1) is 0 Å². The van der Waals surface area contributed by atoms with Gasteiger partial charge in [-0.15, -0.1) is 0 Å². The molecule has 0 saturated carbocycles. The summed E-state index contributed by atoms with van der Waals surface area (Å²) >= 11 is 8.69. The van der Waals surface area contributed by atoms with Crippen LogP contribution in [-0.2, 0) is 0 Å². The van der Waals surface area contributed by atoms with Gasteiger partial charge >= 0.3 is 0 Å². The molecule has 0 spiro atoms. The van der Waals surface area contributed by atoms with Gasteiger partial charge in [-0.3, -0.25) is 4.79 Å². The van der Waals surface area contributed by atoms with E-state index in [4.69, 9.17) is 17.3 Å². The lowest BCUT2D eigenvalue weighted by molar-refractivity contribution is 0.100. The van der Waals surface area contributed by atoms with Crippen LogP contribution in [0.5, 0.6) is 0 Å². The van der Waals surface area contributed by atoms with Crippen molar-refractivity contribution in [1.82, 2.24) is 4.98 Å². The zero-order chi connectivity index (χ0) is 8.43. The van der Waals surface area contributed by atoms with E-state index in [2.05, 4.69) is 20.9 Å². The number of hydrogen-bond acceptors (Lipinski definition) is 2. The lowest BCUT2D eigenvalue weighted by Crippen LogP contribution is -2.11. The van der Waals surface area contributed by atoms with Gasteiger partial charge in [0.05, 0.1) is 10.6 Å². The first kappa shape index (κ1) is 8.49. The number of nitrogens with two attached hydrogens (primary N) is 1. The predicted octanol–water partition coefficient (Wildman–Crippen LogP) is 1.60. The average molecular weight is 235 g/mol. The number of carbonyl (C=O) groups is 1. The van der Waals surface area contributed by atoms with E-state index in [0.29, 0.717) is 4.60 Å². The number of amides is 1. The molecule has 1 aromatic rings. The highest BCUT2D eigenvalue weighted by atomic mass is 79.9. The fourth-order valence-corrected chi connectivity index (χ4v) is 1.13. The second-order valence-corrected chi connectivity index (χ2v) is 3.07. The van der Waals surface area contributed by atoms with E-state index in [9.17, 15) is 4.79 Å². The fourth-order valence-electron chi connectivity index (χ4n) is 0.602. The van der Waals surface area contributed by atoms with Gasteiger partial charge < -0.3 is 5.73 Å². The predicted molar refractivity (Wildman–Crippen MR) is 45.5 cm³/mol. The lowest BCUT2D eigenvalue weighted by atomic mass is 10.2. The molecule has 0 aliphatic carbocycles. The van der Waals surface area contributed by atoms with Crippen molar-refractivity contribution in [3.8, 4) is 0 Å². The molecule has 0 fully saturated rings. The molecule has 0 aromatic carbocycles. The number of primary amides is 1. The Morgan fingerprint density at radius 3 is 2.82 bits per heavy atom. The highest BCUT2D eigenvalue weighted by molar-refractivity contribution is 9.10. The number of aromatic nitrogens is 1. The third-order valence-corrected chi connectivity index (χ3v) is 1.82. The molecule has 5 heteroatoms. The number of nitrogens with zero attached hydrogens (tertiary/aromatic N) is 1. The first-order valence-electron chi connectivity index (χ1n) is 2.72. The molecule has 0 atom stereocenters. The molecular formula is C6H4BrClN2O. The van der Waals surface area contributed by atoms with E-state index in [1.807, 2.05) is 0 Å². The van der Waals surface area contributed by atoms with Crippen LogP contribution in [0.1, 0.15) is 10.4 Å². The molecule has 0 aliphatic rings. The van der Waals surface area contributed by atoms with Gasteiger partial charge in [-0.05, 0) is 22.0 Å². The van der Waals surface area contributed by atoms with Crippen LogP contribution in [-0.4, -0.2) is 10.9 Å². The van der Waals surface area contributed by atoms with Gasteiger partial charge in [-0.1, -0.05) is 11.6 Å². The standard InChI is InChI=1S/C6H4BrClN2O/c7-5-1-3(6(9)11)4(8)2-10-5/h1-2H,(H2,9,11). The molecule has 0 radical (unpaired) electrons. The number of hydrogen-bond donors (Lipinski definition) is 1. The first-order chi connectivity index (χ1) is 5.11. The van der Waals surface area contributed by atoms with E-state index >= 15 is 0 Å². The molecule has 2 N–H and O–H groups in total. The summed E-state index contributed by atoms with van der Waals surface area (Å²) in [7, 11) is 0. The SMILES string of the molecule is NC(=O)c1cc(Br)ncc1Cl. The summed E-state index contributed by atoms with van der Waals surface area (Å²) in [5.41, 5.74) is 5.28. The second-order valence-electron chi connectivity index (χ2n) is 1.85. The normalized spacial score (nSPS) is 9.64. The summed E-state index contributed by atoms with van der Waals surface area (Å²) in [4.78, 5) is 14.5. The Morgan fingerprint density at radius 2 is 2.36 bits per heavy atom. The van der Waals surface area contributed by atoms with Crippen molar-refractivity contribution in [2.75, 3.05) is 0 Å². The minimum absolute atomic E-state index is 0.265. The van der Waals surface area contributed by atoms with Gasteiger partial charge in [0, 0.05) is 6.20 Å². The van der Waals surface area contributed by atoms with Crippen LogP contribution in [0.2, 0.25) is 5.02 Å². The molecule has 0 bridgehead atoms. The third-order valence-electron chi connectivity index (χ3n) is 1.09. The van der Waals surface area contributed by atoms with Crippen LogP contribution in [0.15, 0.2) is 16.9 Å². The minimum Gasteiger partial charge on any atom is -0.366 e. The van der Waals surface area contributed by atoms with Crippen molar-refractivity contribution in [3.05, 3.63) is 27.5 Å². The number of halogens is 2. The summed E-state index contributed by atoms with van der Waals surface area (Å²) in [5, 5.41) is 0.265. The van der Waals surface area contributed by atoms with Crippen molar-refractivity contribution < 1.29 is 4.79 Å². The van der Waals surface area contributed by atoms with E-state index in [1.165, 1.54) is 12.3 Å². The van der Waals surface area contributed by atoms with Gasteiger partial charge in [0.1, 0.15) is 4.60 Å². The second kappa shape index (κ2) is 3.19. The molecule has 0 saturated heterocycles. The van der Waals surface area contributed by atoms with E-state index in [0.717, 1.165) is 0 Å². The Hall–Kier alpha value is -0.610. The summed E-state index contributed by atoms with van der Waals surface area (Å²) in [6.07, 6.45) is 1.37. The summed E-state index contributed by atoms with van der Waals surface area (Å²) in [6, 6.07) is 1.48. The van der Waals surface area contributed by atoms with E-state index in [1.54, 1.807) is 0 Å². The van der Waals surface area contributed by atoms with Gasteiger partial charge in [0.25, 0.3) is 0 Å². The van der Waals surface area contributed by atoms with Gasteiger partial charge in [0.15, 0.2) is 0 Å². The van der Waals surface area contributed by atoms with Crippen molar-refractivity contribution in [3.63, 3.8) is 0 Å². The van der Waals surface area contributed by atoms with Crippen molar-refractivity contribution in [2.24, 2.45) is 5.73 Å². The van der Waals surface area contributed by atoms with Crippen LogP contribution in [0.3, 0.4) is 0 Å². The third kappa shape index (κ3) is 1.91. The zero-order valence-electron chi connectivity index (χ0n) is 5.34. The Kier molecular flexibility index (Phi) is 2.46. The van der Waals surface area contributed by atoms with E-state index < -0.39 is 5.91 Å². The Morgan fingerprint density at radius 1 is 1.73 bits per heavy atom. The summed E-state index contributed by atoms with van der Waals surface area (Å²) in [5.74, 6) is -0.557. The van der Waals surface area contributed by atoms with Crippen molar-refractivity contribution >= 4 is 33.4 Å². The largest absolute Gasteiger partial charge is 0.366 e. The highest BCUT2D eigenvalue weighted by Crippen LogP contribution is 2.17. The molecule has 1 amide bonds. The Labute approximate surface area is 76.7 Å². The molecule has 0 aliphatic heterocycles. The molecular weight excluding hydrogens is 231 g/mol. The van der Waals surface area contributed by atoms with Gasteiger partial charge in [-0.25, -0.2) is 4.98 Å². The maximum absolute atomic E-state index is 10.7. The monoisotopic (exact) mass is 234 g/mol. The highest BCUT2D eigenvalue weighted by Gasteiger charge is 2.06. The van der Waals surface area contributed by atoms with Crippen LogP contribution in [0.25, 0.3) is 0 Å². The number of rotatable bonds is 1. The molecule has 1 heterocycles. The van der Waals surface area contributed by atoms with Crippen molar-refractivity contribution in [1.29, 1.82) is 0 Å². The quantitative estimate of drug-likeness (QED) is 0.752. The maximum atomic E-state index is 10.7. The molecule has 58 valence electrons. The van der Waals surface area contributed by atoms with Gasteiger partial charge in [0.2, 0.25) is 5.91 Å². The van der Waals surface area contributed by atoms with E-state index in [-0.39, 0.29) is 10.6 Å². The first-order valence-corrected chi connectivity index (χ1v) is 3.89. The average Bonchev–Trinajstić information content (AvgIpc) is 1.94. The lowest BCUT2D eigenvalue weighted by Gasteiger charge is -1.97. The fraction of sp³-hybridized carbons (Fsp3) is 0. The minimum atomic E-state index is -0.557. The number of carbonyl (C=O) groups excluding carboxylic acids is 1. The van der Waals surface area contributed by atoms with Crippen molar-refractivity contribution in [2.45, 2.75) is 0 Å². The van der Waals surface area contributed by atoms with Crippen LogP contribution in [0.4, 0.5) is 0 Å². The Balaban J connectivity index is 3.23. The summed E-state index contributed by atoms with van der Waals surface area (Å²) in [6.45, 7) is 0. The summed E-state index contributed by atoms with van der Waals surface area (Å²) < 4.78 is 0.538. The number of pyridine rings is 1. The van der Waals surface area contributed by atoms with Crippen LogP contribution < -0.4 is 5.73 Å². The molecule has 1 aromatic heterocycles. The van der Waals surface area contributed by atoms with Crippen LogP contribution >= 0.6 is 27.5 Å². The van der Waals surface area contributed by atoms with Gasteiger partial charge in [-0.2, -0.15) is 0 Å². The molecule has 11 heavy (non-hydrogen) atoms. The topological polar surface area (TPSA) is 56.0 Å². The Bertz CT molecular complexity index is 303.